The molecule has 122 valence electrons. The average Bonchev–Trinajstić information content (AvgIpc) is 2.68. The van der Waals surface area contributed by atoms with Gasteiger partial charge in [-0.1, -0.05) is 66.2 Å². The highest BCUT2D eigenvalue weighted by Crippen LogP contribution is 2.34. The van der Waals surface area contributed by atoms with Gasteiger partial charge in [0.15, 0.2) is 0 Å². The van der Waals surface area contributed by atoms with E-state index in [4.69, 9.17) is 4.74 Å². The zero-order chi connectivity index (χ0) is 17.2. The molecule has 0 N–H and O–H groups in total. The summed E-state index contributed by atoms with van der Waals surface area (Å²) < 4.78 is 5.28. The summed E-state index contributed by atoms with van der Waals surface area (Å²) in [5.41, 5.74) is 6.21. The maximum Gasteiger partial charge on any atom is 0.118 e. The monoisotopic (exact) mass is 324 g/mol. The Labute approximate surface area is 148 Å². The molecule has 4 rings (SSSR count). The molecule has 0 atom stereocenters. The van der Waals surface area contributed by atoms with Gasteiger partial charge in [-0.25, -0.2) is 0 Å². The van der Waals surface area contributed by atoms with Crippen molar-refractivity contribution in [1.29, 1.82) is 0 Å². The Kier molecular flexibility index (Phi) is 3.99. The van der Waals surface area contributed by atoms with Crippen LogP contribution in [0.5, 0.6) is 5.75 Å². The molecule has 0 heterocycles. The van der Waals surface area contributed by atoms with Gasteiger partial charge >= 0.3 is 0 Å². The first kappa shape index (κ1) is 15.5. The summed E-state index contributed by atoms with van der Waals surface area (Å²) in [6.07, 6.45) is 0. The number of aryl methyl sites for hydroxylation is 1. The highest BCUT2D eigenvalue weighted by molar-refractivity contribution is 6.00. The van der Waals surface area contributed by atoms with E-state index in [0.717, 1.165) is 5.75 Å². The van der Waals surface area contributed by atoms with Crippen molar-refractivity contribution in [2.75, 3.05) is 7.11 Å². The first-order chi connectivity index (χ1) is 12.2. The van der Waals surface area contributed by atoms with Crippen molar-refractivity contribution in [2.45, 2.75) is 6.92 Å². The smallest absolute Gasteiger partial charge is 0.118 e. The molecule has 1 nitrogen and oxygen atoms in total. The number of fused-ring (bicyclic) bond motifs is 1. The van der Waals surface area contributed by atoms with E-state index in [-0.39, 0.29) is 0 Å². The van der Waals surface area contributed by atoms with Gasteiger partial charge in [-0.2, -0.15) is 0 Å². The van der Waals surface area contributed by atoms with Gasteiger partial charge in [0.25, 0.3) is 0 Å². The molecule has 0 fully saturated rings. The minimum Gasteiger partial charge on any atom is -0.497 e. The summed E-state index contributed by atoms with van der Waals surface area (Å²) in [5, 5.41) is 2.54. The maximum absolute atomic E-state index is 5.28. The van der Waals surface area contributed by atoms with Crippen LogP contribution < -0.4 is 4.74 Å². The van der Waals surface area contributed by atoms with Gasteiger partial charge in [0.2, 0.25) is 0 Å². The Balaban J connectivity index is 1.92. The summed E-state index contributed by atoms with van der Waals surface area (Å²) in [5.74, 6) is 0.878. The third-order valence-corrected chi connectivity index (χ3v) is 4.65. The molecular formula is C24H20O. The van der Waals surface area contributed by atoms with Crippen LogP contribution in [-0.4, -0.2) is 7.11 Å². The normalized spacial score (nSPS) is 10.8. The molecule has 0 bridgehead atoms. The maximum atomic E-state index is 5.28. The Morgan fingerprint density at radius 3 is 2.04 bits per heavy atom. The highest BCUT2D eigenvalue weighted by Gasteiger charge is 2.08. The fourth-order valence-electron chi connectivity index (χ4n) is 3.23. The molecule has 0 spiro atoms. The van der Waals surface area contributed by atoms with E-state index in [1.54, 1.807) is 7.11 Å². The zero-order valence-electron chi connectivity index (χ0n) is 14.5. The van der Waals surface area contributed by atoms with Gasteiger partial charge in [0.05, 0.1) is 7.11 Å². The molecule has 0 amide bonds. The average molecular weight is 324 g/mol. The second kappa shape index (κ2) is 6.45. The molecular weight excluding hydrogens is 304 g/mol. The van der Waals surface area contributed by atoms with Gasteiger partial charge in [0, 0.05) is 0 Å². The molecule has 4 aromatic rings. The second-order valence-corrected chi connectivity index (χ2v) is 6.34. The fourth-order valence-corrected chi connectivity index (χ4v) is 3.23. The molecule has 0 aliphatic rings. The van der Waals surface area contributed by atoms with Crippen LogP contribution in [-0.2, 0) is 0 Å². The van der Waals surface area contributed by atoms with E-state index in [9.17, 15) is 0 Å². The van der Waals surface area contributed by atoms with Gasteiger partial charge in [0.1, 0.15) is 5.75 Å². The first-order valence-electron chi connectivity index (χ1n) is 8.49. The van der Waals surface area contributed by atoms with Crippen LogP contribution in [0.25, 0.3) is 33.0 Å². The van der Waals surface area contributed by atoms with Gasteiger partial charge in [-0.05, 0) is 64.2 Å². The molecule has 0 aliphatic heterocycles. The summed E-state index contributed by atoms with van der Waals surface area (Å²) in [6.45, 7) is 2.12. The zero-order valence-corrected chi connectivity index (χ0v) is 14.5. The molecule has 25 heavy (non-hydrogen) atoms. The first-order valence-corrected chi connectivity index (χ1v) is 8.49. The standard InChI is InChI=1S/C24H20O/c1-17-7-9-19(10-8-17)24-16-21(15-20-5-3-4-6-23(20)24)18-11-13-22(25-2)14-12-18/h3-16H,1-2H3. The van der Waals surface area contributed by atoms with Crippen LogP contribution in [0.15, 0.2) is 84.9 Å². The number of benzene rings is 4. The summed E-state index contributed by atoms with van der Waals surface area (Å²) in [4.78, 5) is 0. The Hall–Kier alpha value is -3.06. The number of methoxy groups -OCH3 is 1. The SMILES string of the molecule is COc1ccc(-c2cc(-c3ccc(C)cc3)c3ccccc3c2)cc1. The van der Waals surface area contributed by atoms with Gasteiger partial charge in [-0.15, -0.1) is 0 Å². The lowest BCUT2D eigenvalue weighted by atomic mass is 9.93. The lowest BCUT2D eigenvalue weighted by Gasteiger charge is -2.12. The van der Waals surface area contributed by atoms with Crippen LogP contribution in [0.2, 0.25) is 0 Å². The van der Waals surface area contributed by atoms with Crippen molar-refractivity contribution in [3.8, 4) is 28.0 Å². The number of hydrogen-bond acceptors (Lipinski definition) is 1. The molecule has 0 aliphatic carbocycles. The van der Waals surface area contributed by atoms with E-state index in [1.165, 1.54) is 38.6 Å². The van der Waals surface area contributed by atoms with Crippen molar-refractivity contribution < 1.29 is 4.74 Å². The molecule has 4 aromatic carbocycles. The summed E-state index contributed by atoms with van der Waals surface area (Å²) in [6, 6.07) is 30.1. The van der Waals surface area contributed by atoms with Crippen molar-refractivity contribution in [3.05, 3.63) is 90.5 Å². The van der Waals surface area contributed by atoms with Crippen molar-refractivity contribution >= 4 is 10.8 Å². The number of ether oxygens (including phenoxy) is 1. The molecule has 0 saturated carbocycles. The summed E-state index contributed by atoms with van der Waals surface area (Å²) >= 11 is 0. The van der Waals surface area contributed by atoms with Crippen LogP contribution in [0.3, 0.4) is 0 Å². The minimum absolute atomic E-state index is 0.878. The van der Waals surface area contributed by atoms with E-state index in [1.807, 2.05) is 12.1 Å². The van der Waals surface area contributed by atoms with Gasteiger partial charge < -0.3 is 4.74 Å². The Bertz CT molecular complexity index is 1010. The Morgan fingerprint density at radius 1 is 0.640 bits per heavy atom. The van der Waals surface area contributed by atoms with Crippen molar-refractivity contribution in [3.63, 3.8) is 0 Å². The van der Waals surface area contributed by atoms with E-state index < -0.39 is 0 Å². The fraction of sp³-hybridized carbons (Fsp3) is 0.0833. The minimum atomic E-state index is 0.878. The number of hydrogen-bond donors (Lipinski definition) is 0. The van der Waals surface area contributed by atoms with E-state index in [0.29, 0.717) is 0 Å². The predicted octanol–water partition coefficient (Wildman–Crippen LogP) is 6.49. The van der Waals surface area contributed by atoms with Crippen molar-refractivity contribution in [1.82, 2.24) is 0 Å². The molecule has 0 radical (unpaired) electrons. The van der Waals surface area contributed by atoms with Crippen LogP contribution >= 0.6 is 0 Å². The Morgan fingerprint density at radius 2 is 1.32 bits per heavy atom. The lowest BCUT2D eigenvalue weighted by Crippen LogP contribution is -1.87. The topological polar surface area (TPSA) is 9.23 Å². The quantitative estimate of drug-likeness (QED) is 0.418. The molecule has 0 aromatic heterocycles. The van der Waals surface area contributed by atoms with Crippen molar-refractivity contribution in [2.24, 2.45) is 0 Å². The van der Waals surface area contributed by atoms with Crippen LogP contribution in [0.4, 0.5) is 0 Å². The highest BCUT2D eigenvalue weighted by atomic mass is 16.5. The molecule has 0 saturated heterocycles. The lowest BCUT2D eigenvalue weighted by molar-refractivity contribution is 0.415. The van der Waals surface area contributed by atoms with E-state index >= 15 is 0 Å². The van der Waals surface area contributed by atoms with Crippen LogP contribution in [0.1, 0.15) is 5.56 Å². The molecule has 1 heteroatoms. The van der Waals surface area contributed by atoms with Gasteiger partial charge in [-0.3, -0.25) is 0 Å². The van der Waals surface area contributed by atoms with Crippen LogP contribution in [0, 0.1) is 6.92 Å². The molecule has 0 unspecified atom stereocenters. The predicted molar refractivity (Wildman–Crippen MR) is 106 cm³/mol. The summed E-state index contributed by atoms with van der Waals surface area (Å²) in [7, 11) is 1.69. The third kappa shape index (κ3) is 3.01. The second-order valence-electron chi connectivity index (χ2n) is 6.34. The largest absolute Gasteiger partial charge is 0.497 e. The third-order valence-electron chi connectivity index (χ3n) is 4.65. The number of rotatable bonds is 3. The van der Waals surface area contributed by atoms with E-state index in [2.05, 4.69) is 79.7 Å².